The van der Waals surface area contributed by atoms with Gasteiger partial charge in [-0.05, 0) is 96.5 Å². The molecule has 0 amide bonds. The first-order valence-corrected chi connectivity index (χ1v) is 29.5. The van der Waals surface area contributed by atoms with Crippen molar-refractivity contribution in [2.24, 2.45) is 20.4 Å². The average Bonchev–Trinajstić information content (AvgIpc) is 4.44. The van der Waals surface area contributed by atoms with Crippen molar-refractivity contribution in [2.45, 2.75) is 104 Å². The minimum Gasteiger partial charge on any atom is -0.462 e. The zero-order valence-electron chi connectivity index (χ0n) is 47.0. The second-order valence-corrected chi connectivity index (χ2v) is 21.6. The van der Waals surface area contributed by atoms with Gasteiger partial charge in [0.05, 0.1) is 36.8 Å². The number of aryl methyl sites for hydroxylation is 2. The molecule has 0 saturated carbocycles. The molecule has 0 fully saturated rings. The fraction of sp³-hybridized carbons (Fsp3) is 0.250. The Hall–Kier alpha value is -9.02. The third-order valence-corrected chi connectivity index (χ3v) is 16.3. The largest absolute Gasteiger partial charge is 0.462 e. The quantitative estimate of drug-likeness (QED) is 0.0275. The second-order valence-electron chi connectivity index (χ2n) is 21.6. The molecule has 10 aromatic rings. The Kier molecular flexibility index (Phi) is 16.2. The monoisotopic (exact) mass is 1080 g/mol. The summed E-state index contributed by atoms with van der Waals surface area (Å²) in [6, 6.07) is 58.3. The first-order chi connectivity index (χ1) is 40.5. The molecule has 10 heteroatoms. The van der Waals surface area contributed by atoms with Gasteiger partial charge in [-0.3, -0.25) is 0 Å². The maximum absolute atomic E-state index is 13.2. The lowest BCUT2D eigenvalue weighted by atomic mass is 9.99. The molecule has 0 radical (unpaired) electrons. The highest BCUT2D eigenvalue weighted by Crippen LogP contribution is 2.42. The Labute approximate surface area is 479 Å². The molecule has 0 spiro atoms. The molecule has 0 unspecified atom stereocenters. The number of hydrogen-bond donors (Lipinski definition) is 0. The highest BCUT2D eigenvalue weighted by atomic mass is 16.5. The van der Waals surface area contributed by atoms with Crippen molar-refractivity contribution in [2.75, 3.05) is 13.2 Å². The van der Waals surface area contributed by atoms with E-state index in [-0.39, 0.29) is 11.9 Å². The molecule has 2 aromatic heterocycles. The molecule has 0 atom stereocenters. The minimum absolute atomic E-state index is 0.305. The van der Waals surface area contributed by atoms with E-state index in [0.29, 0.717) is 24.3 Å². The van der Waals surface area contributed by atoms with Gasteiger partial charge in [-0.2, -0.15) is 10.2 Å². The number of carbonyl (C=O) groups is 2. The summed E-state index contributed by atoms with van der Waals surface area (Å²) in [4.78, 5) is 26.4. The van der Waals surface area contributed by atoms with Crippen LogP contribution in [0.5, 0.6) is 0 Å². The van der Waals surface area contributed by atoms with Gasteiger partial charge in [-0.15, -0.1) is 10.2 Å². The fourth-order valence-electron chi connectivity index (χ4n) is 12.2. The minimum atomic E-state index is -0.305. The molecule has 2 aliphatic rings. The average molecular weight is 1080 g/mol. The van der Waals surface area contributed by atoms with Crippen LogP contribution in [0.2, 0.25) is 0 Å². The summed E-state index contributed by atoms with van der Waals surface area (Å²) < 4.78 is 16.3. The van der Waals surface area contributed by atoms with E-state index in [4.69, 9.17) is 19.7 Å². The van der Waals surface area contributed by atoms with Crippen LogP contribution < -0.4 is 0 Å². The van der Waals surface area contributed by atoms with Crippen molar-refractivity contribution in [3.8, 4) is 22.3 Å². The number of unbranched alkanes of at least 4 members (excludes halogenated alkanes) is 9. The summed E-state index contributed by atoms with van der Waals surface area (Å²) in [5, 5.41) is 23.8. The second kappa shape index (κ2) is 24.8. The van der Waals surface area contributed by atoms with Crippen LogP contribution in [0.1, 0.15) is 145 Å². The molecule has 0 N–H and O–H groups in total. The van der Waals surface area contributed by atoms with E-state index in [2.05, 4.69) is 118 Å². The van der Waals surface area contributed by atoms with Crippen molar-refractivity contribution >= 4 is 79.4 Å². The Balaban J connectivity index is 0.641. The smallest absolute Gasteiger partial charge is 0.338 e. The first-order valence-electron chi connectivity index (χ1n) is 29.5. The summed E-state index contributed by atoms with van der Waals surface area (Å²) in [5.74, 6) is -0.610. The van der Waals surface area contributed by atoms with E-state index in [1.54, 1.807) is 0 Å². The third kappa shape index (κ3) is 10.7. The van der Waals surface area contributed by atoms with E-state index in [0.717, 1.165) is 119 Å². The third-order valence-electron chi connectivity index (χ3n) is 16.3. The topological polar surface area (TPSA) is 112 Å². The summed E-state index contributed by atoms with van der Waals surface area (Å²) in [6.45, 7) is 6.94. The Morgan fingerprint density at radius 2 is 0.768 bits per heavy atom. The molecule has 0 saturated heterocycles. The molecular weight excluding hydrogens is 1010 g/mol. The van der Waals surface area contributed by atoms with Crippen LogP contribution >= 0.6 is 0 Å². The zero-order chi connectivity index (χ0) is 55.8. The van der Waals surface area contributed by atoms with Gasteiger partial charge in [0.15, 0.2) is 0 Å². The number of nitrogens with zero attached hydrogens (tertiary/aromatic N) is 6. The predicted octanol–water partition coefficient (Wildman–Crippen LogP) is 17.3. The van der Waals surface area contributed by atoms with Crippen LogP contribution in [0.4, 0.5) is 0 Å². The zero-order valence-corrected chi connectivity index (χ0v) is 47.0. The number of para-hydroxylation sites is 2. The number of ether oxygens (including phenoxy) is 2. The lowest BCUT2D eigenvalue weighted by Gasteiger charge is -2.09. The lowest BCUT2D eigenvalue weighted by Crippen LogP contribution is -2.08. The van der Waals surface area contributed by atoms with Gasteiger partial charge in [0, 0.05) is 90.1 Å². The van der Waals surface area contributed by atoms with E-state index >= 15 is 0 Å². The van der Waals surface area contributed by atoms with Crippen molar-refractivity contribution in [3.05, 3.63) is 214 Å². The van der Waals surface area contributed by atoms with Gasteiger partial charge >= 0.3 is 11.9 Å². The Morgan fingerprint density at radius 1 is 0.390 bits per heavy atom. The maximum atomic E-state index is 13.2. The molecule has 12 rings (SSSR count). The van der Waals surface area contributed by atoms with Gasteiger partial charge in [0.25, 0.3) is 0 Å². The van der Waals surface area contributed by atoms with Crippen LogP contribution in [0.3, 0.4) is 0 Å². The summed E-state index contributed by atoms with van der Waals surface area (Å²) in [5.41, 5.74) is 16.9. The Bertz CT molecular complexity index is 3890. The highest BCUT2D eigenvalue weighted by Gasteiger charge is 2.31. The highest BCUT2D eigenvalue weighted by molar-refractivity contribution is 6.28. The van der Waals surface area contributed by atoms with Crippen molar-refractivity contribution in [3.63, 3.8) is 0 Å². The van der Waals surface area contributed by atoms with E-state index in [1.807, 2.05) is 97.4 Å². The predicted molar refractivity (Wildman–Crippen MR) is 336 cm³/mol. The maximum Gasteiger partial charge on any atom is 0.338 e. The number of rotatable bonds is 23. The van der Waals surface area contributed by atoms with Gasteiger partial charge in [0.1, 0.15) is 11.4 Å². The number of fused-ring (bicyclic) bond motifs is 12. The molecule has 82 heavy (non-hydrogen) atoms. The number of aromatic nitrogens is 2. The SMILES string of the molecule is CCCCOC(=O)c1cccc2c1-c1ccccc1/C2=N\N=C\c1ccc2c(c1)c1ccccc1n2CCCCCCCCCCn1c2ccccc2c2cc(/C=N/N=C3\c4ccccc4-c4c(C(=O)OCCCC)cccc43)ccc21. The normalized spacial score (nSPS) is 13.6. The van der Waals surface area contributed by atoms with Crippen LogP contribution in [-0.2, 0) is 22.6 Å². The van der Waals surface area contributed by atoms with E-state index in [1.165, 1.54) is 82.1 Å². The lowest BCUT2D eigenvalue weighted by molar-refractivity contribution is 0.0491. The van der Waals surface area contributed by atoms with Crippen LogP contribution in [0, 0.1) is 0 Å². The summed E-state index contributed by atoms with van der Waals surface area (Å²) in [7, 11) is 0. The molecule has 8 aromatic carbocycles. The van der Waals surface area contributed by atoms with Crippen molar-refractivity contribution in [1.29, 1.82) is 0 Å². The molecule has 0 bridgehead atoms. The van der Waals surface area contributed by atoms with Gasteiger partial charge in [-0.25, -0.2) is 9.59 Å². The van der Waals surface area contributed by atoms with Gasteiger partial charge in [-0.1, -0.05) is 187 Å². The number of benzene rings is 8. The van der Waals surface area contributed by atoms with Crippen LogP contribution in [0.25, 0.3) is 65.9 Å². The molecule has 2 heterocycles. The fourth-order valence-corrected chi connectivity index (χ4v) is 12.2. The molecule has 10 nitrogen and oxygen atoms in total. The van der Waals surface area contributed by atoms with Gasteiger partial charge in [0.2, 0.25) is 0 Å². The van der Waals surface area contributed by atoms with E-state index in [9.17, 15) is 9.59 Å². The Morgan fingerprint density at radius 3 is 1.21 bits per heavy atom. The summed E-state index contributed by atoms with van der Waals surface area (Å²) >= 11 is 0. The number of carbonyl (C=O) groups excluding carboxylic acids is 2. The van der Waals surface area contributed by atoms with Crippen LogP contribution in [0.15, 0.2) is 190 Å². The van der Waals surface area contributed by atoms with Gasteiger partial charge < -0.3 is 18.6 Å². The van der Waals surface area contributed by atoms with Crippen molar-refractivity contribution < 1.29 is 19.1 Å². The number of esters is 2. The first kappa shape index (κ1) is 53.6. The molecule has 2 aliphatic carbocycles. The van der Waals surface area contributed by atoms with Crippen molar-refractivity contribution in [1.82, 2.24) is 9.13 Å². The molecule has 0 aliphatic heterocycles. The summed E-state index contributed by atoms with van der Waals surface area (Å²) in [6.07, 6.45) is 16.9. The standard InChI is InChI=1S/C72H68N6O4/c1-3-5-43-81-71(79)59-33-23-31-57-67(59)53-27-13-15-29-55(53)69(57)75-73-47-49-37-39-65-61(45-49)51-25-17-19-35-63(51)77(65)41-21-11-9-7-8-10-12-22-42-78-64-36-20-18-26-52(64)62-46-50(38-40-66(62)78)48-74-76-70-56-30-16-14-28-54(56)68-58(70)32-24-34-60(68)72(80)82-44-6-4-2/h13-20,23-40,45-48H,3-12,21-22,41-44H2,1-2H3/b73-47+,74-48+,75-69+,76-70+. The molecular formula is C72H68N6O4. The number of hydrogen-bond acceptors (Lipinski definition) is 8. The molecule has 410 valence electrons. The van der Waals surface area contributed by atoms with Crippen LogP contribution in [-0.4, -0.2) is 58.1 Å². The van der Waals surface area contributed by atoms with E-state index < -0.39 is 0 Å².